The third kappa shape index (κ3) is 1.93. The minimum absolute atomic E-state index is 0.103. The molecule has 0 saturated carbocycles. The van der Waals surface area contributed by atoms with E-state index >= 15 is 0 Å². The van der Waals surface area contributed by atoms with E-state index in [9.17, 15) is 9.90 Å². The van der Waals surface area contributed by atoms with Gasteiger partial charge in [-0.25, -0.2) is 0 Å². The van der Waals surface area contributed by atoms with Crippen molar-refractivity contribution in [3.63, 3.8) is 0 Å². The molecular formula is C11H10O4. The van der Waals surface area contributed by atoms with Gasteiger partial charge in [0.25, 0.3) is 0 Å². The number of benzene rings is 1. The predicted octanol–water partition coefficient (Wildman–Crippen LogP) is 1.85. The van der Waals surface area contributed by atoms with Crippen molar-refractivity contribution in [3.8, 4) is 5.75 Å². The van der Waals surface area contributed by atoms with Gasteiger partial charge in [0.05, 0.1) is 7.11 Å². The van der Waals surface area contributed by atoms with E-state index in [1.807, 2.05) is 0 Å². The summed E-state index contributed by atoms with van der Waals surface area (Å²) in [6.07, 6.45) is 0.103. The van der Waals surface area contributed by atoms with E-state index in [2.05, 4.69) is 4.74 Å². The molecule has 0 aliphatic rings. The lowest BCUT2D eigenvalue weighted by Gasteiger charge is -1.93. The van der Waals surface area contributed by atoms with Crippen LogP contribution in [0.5, 0.6) is 5.75 Å². The smallest absolute Gasteiger partial charge is 0.313 e. The lowest BCUT2D eigenvalue weighted by molar-refractivity contribution is -0.140. The number of phenolic OH excluding ortho intramolecular Hbond substituents is 1. The molecule has 2 rings (SSSR count). The van der Waals surface area contributed by atoms with Gasteiger partial charge < -0.3 is 14.3 Å². The van der Waals surface area contributed by atoms with Gasteiger partial charge >= 0.3 is 5.97 Å². The first kappa shape index (κ1) is 9.58. The highest BCUT2D eigenvalue weighted by atomic mass is 16.5. The second-order valence-corrected chi connectivity index (χ2v) is 3.19. The summed E-state index contributed by atoms with van der Waals surface area (Å²) in [5.41, 5.74) is 0.564. The van der Waals surface area contributed by atoms with Crippen molar-refractivity contribution in [2.75, 3.05) is 7.11 Å². The Hall–Kier alpha value is -1.97. The van der Waals surface area contributed by atoms with E-state index in [4.69, 9.17) is 4.42 Å². The Labute approximate surface area is 86.1 Å². The molecule has 2 aromatic rings. The van der Waals surface area contributed by atoms with Crippen LogP contribution < -0.4 is 0 Å². The zero-order valence-electron chi connectivity index (χ0n) is 8.19. The van der Waals surface area contributed by atoms with Crippen LogP contribution in [0.2, 0.25) is 0 Å². The molecule has 0 aliphatic carbocycles. The molecule has 15 heavy (non-hydrogen) atoms. The summed E-state index contributed by atoms with van der Waals surface area (Å²) in [5, 5.41) is 10.1. The van der Waals surface area contributed by atoms with Gasteiger partial charge in [-0.2, -0.15) is 0 Å². The highest BCUT2D eigenvalue weighted by Gasteiger charge is 2.09. The number of phenols is 1. The number of esters is 1. The number of aromatic hydroxyl groups is 1. The largest absolute Gasteiger partial charge is 0.508 e. The van der Waals surface area contributed by atoms with Gasteiger partial charge in [-0.05, 0) is 18.2 Å². The molecule has 1 aromatic carbocycles. The Kier molecular flexibility index (Phi) is 2.33. The first-order valence-corrected chi connectivity index (χ1v) is 4.47. The van der Waals surface area contributed by atoms with E-state index < -0.39 is 0 Å². The van der Waals surface area contributed by atoms with Crippen molar-refractivity contribution in [1.29, 1.82) is 0 Å². The zero-order chi connectivity index (χ0) is 10.8. The van der Waals surface area contributed by atoms with Crippen LogP contribution in [-0.2, 0) is 16.0 Å². The molecule has 0 atom stereocenters. The van der Waals surface area contributed by atoms with E-state index in [-0.39, 0.29) is 18.1 Å². The van der Waals surface area contributed by atoms with E-state index in [1.165, 1.54) is 13.2 Å². The maximum atomic E-state index is 11.0. The standard InChI is InChI=1S/C11H10O4/c1-14-11(13)6-9-4-7-2-3-8(12)5-10(7)15-9/h2-5,12H,6H2,1H3. The molecule has 0 aliphatic heterocycles. The summed E-state index contributed by atoms with van der Waals surface area (Å²) in [6.45, 7) is 0. The third-order valence-corrected chi connectivity index (χ3v) is 2.10. The summed E-state index contributed by atoms with van der Waals surface area (Å²) in [4.78, 5) is 11.0. The predicted molar refractivity (Wildman–Crippen MR) is 53.6 cm³/mol. The number of rotatable bonds is 2. The molecule has 0 saturated heterocycles. The molecule has 78 valence electrons. The van der Waals surface area contributed by atoms with Crippen LogP contribution in [0.4, 0.5) is 0 Å². The number of hydrogen-bond acceptors (Lipinski definition) is 4. The van der Waals surface area contributed by atoms with E-state index in [0.29, 0.717) is 11.3 Å². The van der Waals surface area contributed by atoms with Crippen LogP contribution in [0.15, 0.2) is 28.7 Å². The van der Waals surface area contributed by atoms with E-state index in [1.54, 1.807) is 18.2 Å². The Balaban J connectivity index is 2.34. The number of methoxy groups -OCH3 is 1. The van der Waals surface area contributed by atoms with Gasteiger partial charge in [0.2, 0.25) is 0 Å². The fraction of sp³-hybridized carbons (Fsp3) is 0.182. The monoisotopic (exact) mass is 206 g/mol. The van der Waals surface area contributed by atoms with Gasteiger partial charge in [-0.1, -0.05) is 0 Å². The summed E-state index contributed by atoms with van der Waals surface area (Å²) in [7, 11) is 1.33. The number of carbonyl (C=O) groups excluding carboxylic acids is 1. The second kappa shape index (κ2) is 3.65. The fourth-order valence-electron chi connectivity index (χ4n) is 1.38. The maximum Gasteiger partial charge on any atom is 0.313 e. The molecule has 4 nitrogen and oxygen atoms in total. The van der Waals surface area contributed by atoms with Crippen molar-refractivity contribution in [2.45, 2.75) is 6.42 Å². The van der Waals surface area contributed by atoms with E-state index in [0.717, 1.165) is 5.39 Å². The molecule has 0 amide bonds. The van der Waals surface area contributed by atoms with Gasteiger partial charge in [-0.15, -0.1) is 0 Å². The molecule has 0 spiro atoms. The first-order valence-electron chi connectivity index (χ1n) is 4.47. The van der Waals surface area contributed by atoms with Crippen LogP contribution >= 0.6 is 0 Å². The summed E-state index contributed by atoms with van der Waals surface area (Å²) in [6, 6.07) is 6.57. The van der Waals surface area contributed by atoms with Crippen LogP contribution in [0.3, 0.4) is 0 Å². The minimum Gasteiger partial charge on any atom is -0.508 e. The van der Waals surface area contributed by atoms with Gasteiger partial charge in [-0.3, -0.25) is 4.79 Å². The maximum absolute atomic E-state index is 11.0. The van der Waals surface area contributed by atoms with Crippen LogP contribution in [0, 0.1) is 0 Å². The number of ether oxygens (including phenoxy) is 1. The molecule has 4 heteroatoms. The molecular weight excluding hydrogens is 196 g/mol. The number of furan rings is 1. The molecule has 0 unspecified atom stereocenters. The summed E-state index contributed by atoms with van der Waals surface area (Å²) in [5.74, 6) is 0.321. The Morgan fingerprint density at radius 3 is 3.00 bits per heavy atom. The second-order valence-electron chi connectivity index (χ2n) is 3.19. The fourth-order valence-corrected chi connectivity index (χ4v) is 1.38. The van der Waals surface area contributed by atoms with Gasteiger partial charge in [0, 0.05) is 11.5 Å². The molecule has 0 radical (unpaired) electrons. The van der Waals surface area contributed by atoms with Crippen molar-refractivity contribution in [3.05, 3.63) is 30.0 Å². The van der Waals surface area contributed by atoms with Crippen LogP contribution in [0.1, 0.15) is 5.76 Å². The number of carbonyl (C=O) groups is 1. The van der Waals surface area contributed by atoms with Gasteiger partial charge in [0.1, 0.15) is 23.5 Å². The molecule has 1 N–H and O–H groups in total. The summed E-state index contributed by atoms with van der Waals surface area (Å²) < 4.78 is 9.89. The normalized spacial score (nSPS) is 10.5. The highest BCUT2D eigenvalue weighted by molar-refractivity contribution is 5.81. The van der Waals surface area contributed by atoms with Crippen molar-refractivity contribution in [1.82, 2.24) is 0 Å². The molecule has 0 fully saturated rings. The molecule has 0 bridgehead atoms. The van der Waals surface area contributed by atoms with Crippen molar-refractivity contribution < 1.29 is 19.1 Å². The Bertz CT molecular complexity index is 498. The quantitative estimate of drug-likeness (QED) is 0.762. The zero-order valence-corrected chi connectivity index (χ0v) is 8.19. The number of fused-ring (bicyclic) bond motifs is 1. The lowest BCUT2D eigenvalue weighted by Crippen LogP contribution is -2.02. The van der Waals surface area contributed by atoms with Crippen LogP contribution in [-0.4, -0.2) is 18.2 Å². The van der Waals surface area contributed by atoms with Crippen LogP contribution in [0.25, 0.3) is 11.0 Å². The average Bonchev–Trinajstić information content (AvgIpc) is 2.59. The lowest BCUT2D eigenvalue weighted by atomic mass is 10.2. The highest BCUT2D eigenvalue weighted by Crippen LogP contribution is 2.23. The van der Waals surface area contributed by atoms with Crippen molar-refractivity contribution >= 4 is 16.9 Å². The number of hydrogen-bond donors (Lipinski definition) is 1. The molecule has 1 heterocycles. The van der Waals surface area contributed by atoms with Gasteiger partial charge in [0.15, 0.2) is 0 Å². The molecule has 1 aromatic heterocycles. The SMILES string of the molecule is COC(=O)Cc1cc2ccc(O)cc2o1. The topological polar surface area (TPSA) is 59.7 Å². The summed E-state index contributed by atoms with van der Waals surface area (Å²) >= 11 is 0. The minimum atomic E-state index is -0.349. The Morgan fingerprint density at radius 1 is 1.47 bits per heavy atom. The average molecular weight is 206 g/mol. The third-order valence-electron chi connectivity index (χ3n) is 2.10. The van der Waals surface area contributed by atoms with Crippen molar-refractivity contribution in [2.24, 2.45) is 0 Å². The first-order chi connectivity index (χ1) is 7.19. The Morgan fingerprint density at radius 2 is 2.27 bits per heavy atom.